The normalized spacial score (nSPS) is 12.4. The van der Waals surface area contributed by atoms with Gasteiger partial charge in [-0.1, -0.05) is 18.2 Å². The van der Waals surface area contributed by atoms with Crippen LogP contribution in [0, 0.1) is 0 Å². The molecule has 0 spiro atoms. The van der Waals surface area contributed by atoms with Crippen LogP contribution < -0.4 is 24.8 Å². The number of nitrogens with one attached hydrogen (secondary N) is 2. The Morgan fingerprint density at radius 1 is 1.10 bits per heavy atom. The van der Waals surface area contributed by atoms with Crippen molar-refractivity contribution in [1.29, 1.82) is 0 Å². The summed E-state index contributed by atoms with van der Waals surface area (Å²) < 4.78 is 16.5. The lowest BCUT2D eigenvalue weighted by atomic mass is 10.1. The standard InChI is InChI=1S/C22H29N3O3.HI/c1-23-22(24-11-4-13-27-20-6-3-5-19(16-20)26-2)25-12-9-17-7-8-21-18(15-17)10-14-28-21;/h3,5-8,15-16H,4,9-14H2,1-2H3,(H2,23,24,25);1H. The molecule has 0 radical (unpaired) electrons. The Kier molecular flexibility index (Phi) is 9.90. The first-order chi connectivity index (χ1) is 13.8. The molecule has 0 saturated heterocycles. The number of nitrogens with zero attached hydrogens (tertiary/aromatic N) is 1. The van der Waals surface area contributed by atoms with E-state index in [-0.39, 0.29) is 24.0 Å². The number of ether oxygens (including phenoxy) is 3. The van der Waals surface area contributed by atoms with Gasteiger partial charge in [-0.2, -0.15) is 0 Å². The number of guanidine groups is 1. The third-order valence-corrected chi connectivity index (χ3v) is 4.61. The largest absolute Gasteiger partial charge is 0.497 e. The van der Waals surface area contributed by atoms with Gasteiger partial charge in [0.25, 0.3) is 0 Å². The molecule has 3 rings (SSSR count). The lowest BCUT2D eigenvalue weighted by Crippen LogP contribution is -2.39. The van der Waals surface area contributed by atoms with E-state index in [0.29, 0.717) is 6.61 Å². The lowest BCUT2D eigenvalue weighted by Gasteiger charge is -2.13. The van der Waals surface area contributed by atoms with Crippen LogP contribution in [0.3, 0.4) is 0 Å². The van der Waals surface area contributed by atoms with E-state index >= 15 is 0 Å². The topological polar surface area (TPSA) is 64.1 Å². The molecule has 0 saturated carbocycles. The van der Waals surface area contributed by atoms with Crippen LogP contribution in [-0.2, 0) is 12.8 Å². The summed E-state index contributed by atoms with van der Waals surface area (Å²) in [6.07, 6.45) is 2.84. The molecule has 0 atom stereocenters. The van der Waals surface area contributed by atoms with Gasteiger partial charge < -0.3 is 24.8 Å². The summed E-state index contributed by atoms with van der Waals surface area (Å²) in [4.78, 5) is 4.27. The fourth-order valence-corrected chi connectivity index (χ4v) is 3.10. The van der Waals surface area contributed by atoms with Gasteiger partial charge in [0.15, 0.2) is 5.96 Å². The number of hydrogen-bond acceptors (Lipinski definition) is 4. The summed E-state index contributed by atoms with van der Waals surface area (Å²) in [6, 6.07) is 14.1. The number of fused-ring (bicyclic) bond motifs is 1. The Labute approximate surface area is 190 Å². The minimum Gasteiger partial charge on any atom is -0.497 e. The smallest absolute Gasteiger partial charge is 0.190 e. The van der Waals surface area contributed by atoms with E-state index in [0.717, 1.165) is 62.2 Å². The van der Waals surface area contributed by atoms with Gasteiger partial charge in [0.1, 0.15) is 17.2 Å². The predicted molar refractivity (Wildman–Crippen MR) is 127 cm³/mol. The molecule has 0 unspecified atom stereocenters. The van der Waals surface area contributed by atoms with Crippen molar-refractivity contribution in [2.45, 2.75) is 19.3 Å². The predicted octanol–water partition coefficient (Wildman–Crippen LogP) is 3.42. The highest BCUT2D eigenvalue weighted by Crippen LogP contribution is 2.25. The molecule has 7 heteroatoms. The number of rotatable bonds is 9. The minimum absolute atomic E-state index is 0. The summed E-state index contributed by atoms with van der Waals surface area (Å²) in [6.45, 7) is 3.06. The van der Waals surface area contributed by atoms with Crippen molar-refractivity contribution < 1.29 is 14.2 Å². The second-order valence-corrected chi connectivity index (χ2v) is 6.60. The van der Waals surface area contributed by atoms with Crippen LogP contribution in [0.4, 0.5) is 0 Å². The maximum Gasteiger partial charge on any atom is 0.190 e. The van der Waals surface area contributed by atoms with Gasteiger partial charge in [0.05, 0.1) is 20.3 Å². The average molecular weight is 511 g/mol. The van der Waals surface area contributed by atoms with Crippen molar-refractivity contribution in [3.8, 4) is 17.2 Å². The van der Waals surface area contributed by atoms with E-state index < -0.39 is 0 Å². The highest BCUT2D eigenvalue weighted by molar-refractivity contribution is 14.0. The third-order valence-electron chi connectivity index (χ3n) is 4.61. The Bertz CT molecular complexity index is 799. The average Bonchev–Trinajstić information content (AvgIpc) is 3.20. The van der Waals surface area contributed by atoms with Crippen LogP contribution in [0.1, 0.15) is 17.5 Å². The van der Waals surface area contributed by atoms with Gasteiger partial charge >= 0.3 is 0 Å². The van der Waals surface area contributed by atoms with Crippen molar-refractivity contribution in [1.82, 2.24) is 10.6 Å². The van der Waals surface area contributed by atoms with Gasteiger partial charge in [0, 0.05) is 32.6 Å². The molecule has 158 valence electrons. The van der Waals surface area contributed by atoms with Gasteiger partial charge in [-0.25, -0.2) is 0 Å². The highest BCUT2D eigenvalue weighted by Gasteiger charge is 2.11. The van der Waals surface area contributed by atoms with Gasteiger partial charge in [0.2, 0.25) is 0 Å². The van der Waals surface area contributed by atoms with E-state index in [1.807, 2.05) is 24.3 Å². The molecule has 0 fully saturated rings. The first-order valence-corrected chi connectivity index (χ1v) is 9.74. The van der Waals surface area contributed by atoms with Crippen LogP contribution in [0.5, 0.6) is 17.2 Å². The highest BCUT2D eigenvalue weighted by atomic mass is 127. The quantitative estimate of drug-likeness (QED) is 0.234. The number of benzene rings is 2. The van der Waals surface area contributed by atoms with Crippen LogP contribution in [0.15, 0.2) is 47.5 Å². The van der Waals surface area contributed by atoms with Gasteiger partial charge in [-0.15, -0.1) is 24.0 Å². The summed E-state index contributed by atoms with van der Waals surface area (Å²) >= 11 is 0. The van der Waals surface area contributed by atoms with E-state index in [1.54, 1.807) is 14.2 Å². The molecular formula is C22H30IN3O3. The molecular weight excluding hydrogens is 481 g/mol. The molecule has 1 aliphatic heterocycles. The molecule has 0 amide bonds. The van der Waals surface area contributed by atoms with Crippen LogP contribution >= 0.6 is 24.0 Å². The SMILES string of the molecule is CN=C(NCCCOc1cccc(OC)c1)NCCc1ccc2c(c1)CCO2.I. The molecule has 2 aromatic rings. The molecule has 6 nitrogen and oxygen atoms in total. The summed E-state index contributed by atoms with van der Waals surface area (Å²) in [5, 5.41) is 6.68. The fourth-order valence-electron chi connectivity index (χ4n) is 3.10. The zero-order valence-electron chi connectivity index (χ0n) is 17.1. The second kappa shape index (κ2) is 12.4. The Morgan fingerprint density at radius 2 is 1.93 bits per heavy atom. The molecule has 1 aliphatic rings. The lowest BCUT2D eigenvalue weighted by molar-refractivity contribution is 0.308. The number of aliphatic imine (C=N–C) groups is 1. The fraction of sp³-hybridized carbons (Fsp3) is 0.409. The van der Waals surface area contributed by atoms with E-state index in [4.69, 9.17) is 14.2 Å². The first-order valence-electron chi connectivity index (χ1n) is 9.74. The summed E-state index contributed by atoms with van der Waals surface area (Å²) in [5.74, 6) is 3.47. The van der Waals surface area contributed by atoms with E-state index in [2.05, 4.69) is 33.8 Å². The monoisotopic (exact) mass is 511 g/mol. The molecule has 29 heavy (non-hydrogen) atoms. The van der Waals surface area contributed by atoms with Gasteiger partial charge in [-0.05, 0) is 42.2 Å². The van der Waals surface area contributed by atoms with Crippen molar-refractivity contribution >= 4 is 29.9 Å². The van der Waals surface area contributed by atoms with Crippen LogP contribution in [0.25, 0.3) is 0 Å². The molecule has 2 aromatic carbocycles. The maximum atomic E-state index is 5.75. The van der Waals surface area contributed by atoms with E-state index in [1.165, 1.54) is 11.1 Å². The van der Waals surface area contributed by atoms with E-state index in [9.17, 15) is 0 Å². The second-order valence-electron chi connectivity index (χ2n) is 6.60. The zero-order valence-corrected chi connectivity index (χ0v) is 19.4. The Hall–Kier alpha value is -2.16. The van der Waals surface area contributed by atoms with Crippen molar-refractivity contribution in [3.05, 3.63) is 53.6 Å². The minimum atomic E-state index is 0. The number of methoxy groups -OCH3 is 1. The van der Waals surface area contributed by atoms with Gasteiger partial charge in [-0.3, -0.25) is 4.99 Å². The van der Waals surface area contributed by atoms with Crippen LogP contribution in [-0.4, -0.2) is 46.4 Å². The Morgan fingerprint density at radius 3 is 2.76 bits per heavy atom. The number of hydrogen-bond donors (Lipinski definition) is 2. The summed E-state index contributed by atoms with van der Waals surface area (Å²) in [5.41, 5.74) is 2.63. The molecule has 0 bridgehead atoms. The van der Waals surface area contributed by atoms with Crippen molar-refractivity contribution in [2.24, 2.45) is 4.99 Å². The van der Waals surface area contributed by atoms with Crippen molar-refractivity contribution in [3.63, 3.8) is 0 Å². The number of halogens is 1. The summed E-state index contributed by atoms with van der Waals surface area (Å²) in [7, 11) is 3.44. The third kappa shape index (κ3) is 7.30. The first kappa shape index (κ1) is 23.1. The van der Waals surface area contributed by atoms with Crippen molar-refractivity contribution in [2.75, 3.05) is 40.5 Å². The maximum absolute atomic E-state index is 5.75. The molecule has 0 aromatic heterocycles. The molecule has 0 aliphatic carbocycles. The zero-order chi connectivity index (χ0) is 19.6. The molecule has 1 heterocycles. The Balaban J connectivity index is 0.00000300. The van der Waals surface area contributed by atoms with Crippen LogP contribution in [0.2, 0.25) is 0 Å². The molecule has 2 N–H and O–H groups in total.